The van der Waals surface area contributed by atoms with Gasteiger partial charge in [0.05, 0.1) is 17.2 Å². The summed E-state index contributed by atoms with van der Waals surface area (Å²) in [6, 6.07) is 0. The van der Waals surface area contributed by atoms with E-state index in [0.29, 0.717) is 6.61 Å². The van der Waals surface area contributed by atoms with Crippen LogP contribution in [0.25, 0.3) is 0 Å². The molecule has 0 aliphatic carbocycles. The second kappa shape index (κ2) is 5.07. The summed E-state index contributed by atoms with van der Waals surface area (Å²) in [4.78, 5) is 5.17. The molecule has 0 radical (unpaired) electrons. The molecule has 4 nitrogen and oxygen atoms in total. The number of aryl methyl sites for hydroxylation is 1. The molecular formula is C9H15N3OS. The van der Waals surface area contributed by atoms with E-state index in [0.717, 1.165) is 28.4 Å². The van der Waals surface area contributed by atoms with E-state index in [4.69, 9.17) is 15.9 Å². The van der Waals surface area contributed by atoms with E-state index in [2.05, 4.69) is 11.9 Å². The molecule has 0 unspecified atom stereocenters. The minimum Gasteiger partial charge on any atom is -0.383 e. The fourth-order valence-corrected chi connectivity index (χ4v) is 2.15. The van der Waals surface area contributed by atoms with Gasteiger partial charge in [-0.05, 0) is 6.42 Å². The van der Waals surface area contributed by atoms with Crippen molar-refractivity contribution in [1.82, 2.24) is 4.98 Å². The molecule has 0 amide bonds. The van der Waals surface area contributed by atoms with Crippen LogP contribution in [0.15, 0.2) is 0 Å². The predicted octanol–water partition coefficient (Wildman–Crippen LogP) is 1.53. The number of methoxy groups -OCH3 is 1. The fourth-order valence-electron chi connectivity index (χ4n) is 1.20. The Balaban J connectivity index is 2.93. The van der Waals surface area contributed by atoms with Crippen molar-refractivity contribution in [2.24, 2.45) is 5.73 Å². The van der Waals surface area contributed by atoms with Crippen LogP contribution in [0.3, 0.4) is 0 Å². The van der Waals surface area contributed by atoms with Crippen LogP contribution in [0.1, 0.15) is 28.9 Å². The van der Waals surface area contributed by atoms with Crippen molar-refractivity contribution in [2.75, 3.05) is 7.11 Å². The molecule has 0 aliphatic rings. The largest absolute Gasteiger partial charge is 0.383 e. The van der Waals surface area contributed by atoms with Crippen LogP contribution in [0, 0.1) is 5.41 Å². The zero-order valence-electron chi connectivity index (χ0n) is 8.46. The van der Waals surface area contributed by atoms with Crippen molar-refractivity contribution in [2.45, 2.75) is 26.4 Å². The Hall–Kier alpha value is -0.940. The van der Waals surface area contributed by atoms with Gasteiger partial charge in [0.1, 0.15) is 10.8 Å². The zero-order valence-corrected chi connectivity index (χ0v) is 9.28. The first-order valence-corrected chi connectivity index (χ1v) is 5.32. The molecule has 0 aromatic carbocycles. The molecule has 78 valence electrons. The number of nitrogen functional groups attached to an aromatic ring is 1. The summed E-state index contributed by atoms with van der Waals surface area (Å²) < 4.78 is 4.99. The number of thiazole rings is 1. The van der Waals surface area contributed by atoms with Gasteiger partial charge in [-0.3, -0.25) is 5.41 Å². The Morgan fingerprint density at radius 2 is 2.36 bits per heavy atom. The topological polar surface area (TPSA) is 72.0 Å². The lowest BCUT2D eigenvalue weighted by Crippen LogP contribution is -2.11. The molecule has 14 heavy (non-hydrogen) atoms. The van der Waals surface area contributed by atoms with Gasteiger partial charge >= 0.3 is 0 Å². The summed E-state index contributed by atoms with van der Waals surface area (Å²) >= 11 is 1.45. The molecule has 1 aromatic rings. The number of amidine groups is 1. The third-order valence-corrected chi connectivity index (χ3v) is 2.85. The summed E-state index contributed by atoms with van der Waals surface area (Å²) in [6.45, 7) is 2.58. The Bertz CT molecular complexity index is 322. The number of hydrogen-bond acceptors (Lipinski definition) is 4. The SMILES string of the molecule is CCCc1nc(COC)sc1C(=N)N. The highest BCUT2D eigenvalue weighted by Gasteiger charge is 2.12. The lowest BCUT2D eigenvalue weighted by Gasteiger charge is -1.96. The van der Waals surface area contributed by atoms with E-state index < -0.39 is 0 Å². The first kappa shape index (κ1) is 11.1. The number of nitrogens with two attached hydrogens (primary N) is 1. The van der Waals surface area contributed by atoms with Gasteiger partial charge in [-0.15, -0.1) is 11.3 Å². The zero-order chi connectivity index (χ0) is 10.6. The second-order valence-electron chi connectivity index (χ2n) is 2.98. The van der Waals surface area contributed by atoms with E-state index in [-0.39, 0.29) is 5.84 Å². The van der Waals surface area contributed by atoms with Crippen LogP contribution in [0.5, 0.6) is 0 Å². The smallest absolute Gasteiger partial charge is 0.135 e. The van der Waals surface area contributed by atoms with Crippen LogP contribution in [-0.2, 0) is 17.8 Å². The molecule has 0 atom stereocenters. The summed E-state index contributed by atoms with van der Waals surface area (Å²) in [7, 11) is 1.63. The normalized spacial score (nSPS) is 10.4. The van der Waals surface area contributed by atoms with E-state index in [9.17, 15) is 0 Å². The van der Waals surface area contributed by atoms with Crippen molar-refractivity contribution < 1.29 is 4.74 Å². The summed E-state index contributed by atoms with van der Waals surface area (Å²) in [5.41, 5.74) is 6.40. The monoisotopic (exact) mass is 213 g/mol. The van der Waals surface area contributed by atoms with Gasteiger partial charge in [0.25, 0.3) is 0 Å². The van der Waals surface area contributed by atoms with E-state index in [1.165, 1.54) is 11.3 Å². The predicted molar refractivity (Wildman–Crippen MR) is 57.8 cm³/mol. The lowest BCUT2D eigenvalue weighted by atomic mass is 10.2. The lowest BCUT2D eigenvalue weighted by molar-refractivity contribution is 0.184. The first-order valence-electron chi connectivity index (χ1n) is 4.51. The molecule has 0 saturated carbocycles. The maximum Gasteiger partial charge on any atom is 0.135 e. The number of rotatable bonds is 5. The van der Waals surface area contributed by atoms with Crippen LogP contribution in [0.2, 0.25) is 0 Å². The summed E-state index contributed by atoms with van der Waals surface area (Å²) in [5, 5.41) is 8.30. The molecule has 1 heterocycles. The third kappa shape index (κ3) is 2.52. The van der Waals surface area contributed by atoms with Gasteiger partial charge in [-0.2, -0.15) is 0 Å². The first-order chi connectivity index (χ1) is 6.69. The van der Waals surface area contributed by atoms with Crippen molar-refractivity contribution in [3.05, 3.63) is 15.6 Å². The standard InChI is InChI=1S/C9H15N3OS/c1-3-4-6-8(9(10)11)14-7(12-6)5-13-2/h3-5H2,1-2H3,(H3,10,11). The minimum atomic E-state index is 0.105. The molecule has 1 aromatic heterocycles. The highest BCUT2D eigenvalue weighted by Crippen LogP contribution is 2.19. The van der Waals surface area contributed by atoms with Crippen LogP contribution in [-0.4, -0.2) is 17.9 Å². The quantitative estimate of drug-likeness (QED) is 0.575. The Morgan fingerprint density at radius 1 is 1.64 bits per heavy atom. The Labute approximate surface area is 87.6 Å². The van der Waals surface area contributed by atoms with Crippen LogP contribution < -0.4 is 5.73 Å². The van der Waals surface area contributed by atoms with E-state index in [1.807, 2.05) is 0 Å². The van der Waals surface area contributed by atoms with Gasteiger partial charge in [-0.25, -0.2) is 4.98 Å². The molecule has 1 rings (SSSR count). The number of nitrogens with zero attached hydrogens (tertiary/aromatic N) is 1. The molecule has 0 aliphatic heterocycles. The highest BCUT2D eigenvalue weighted by molar-refractivity contribution is 7.13. The third-order valence-electron chi connectivity index (χ3n) is 1.74. The van der Waals surface area contributed by atoms with Crippen molar-refractivity contribution in [3.63, 3.8) is 0 Å². The number of nitrogens with one attached hydrogen (secondary N) is 1. The molecule has 3 N–H and O–H groups in total. The highest BCUT2D eigenvalue weighted by atomic mass is 32.1. The van der Waals surface area contributed by atoms with Gasteiger partial charge < -0.3 is 10.5 Å². The minimum absolute atomic E-state index is 0.105. The van der Waals surface area contributed by atoms with Crippen molar-refractivity contribution in [1.29, 1.82) is 5.41 Å². The summed E-state index contributed by atoms with van der Waals surface area (Å²) in [5.74, 6) is 0.105. The van der Waals surface area contributed by atoms with Crippen molar-refractivity contribution in [3.8, 4) is 0 Å². The maximum absolute atomic E-state index is 7.41. The number of ether oxygens (including phenoxy) is 1. The summed E-state index contributed by atoms with van der Waals surface area (Å²) in [6.07, 6.45) is 1.88. The fraction of sp³-hybridized carbons (Fsp3) is 0.556. The number of hydrogen-bond donors (Lipinski definition) is 2. The Kier molecular flexibility index (Phi) is 4.03. The number of aromatic nitrogens is 1. The average Bonchev–Trinajstić information content (AvgIpc) is 2.49. The van der Waals surface area contributed by atoms with E-state index >= 15 is 0 Å². The molecule has 0 fully saturated rings. The molecule has 0 bridgehead atoms. The van der Waals surface area contributed by atoms with E-state index in [1.54, 1.807) is 7.11 Å². The van der Waals surface area contributed by atoms with Gasteiger partial charge in [-0.1, -0.05) is 13.3 Å². The van der Waals surface area contributed by atoms with Gasteiger partial charge in [0, 0.05) is 7.11 Å². The second-order valence-corrected chi connectivity index (χ2v) is 4.06. The maximum atomic E-state index is 7.41. The van der Waals surface area contributed by atoms with Crippen LogP contribution >= 0.6 is 11.3 Å². The molecular weight excluding hydrogens is 198 g/mol. The van der Waals surface area contributed by atoms with Crippen molar-refractivity contribution >= 4 is 17.2 Å². The molecule has 5 heteroatoms. The molecule has 0 saturated heterocycles. The average molecular weight is 213 g/mol. The molecule has 0 spiro atoms. The Morgan fingerprint density at radius 3 is 2.86 bits per heavy atom. The van der Waals surface area contributed by atoms with Gasteiger partial charge in [0.2, 0.25) is 0 Å². The van der Waals surface area contributed by atoms with Crippen LogP contribution in [0.4, 0.5) is 0 Å². The van der Waals surface area contributed by atoms with Gasteiger partial charge in [0.15, 0.2) is 0 Å².